The maximum atomic E-state index is 4.19. The largest absolute Gasteiger partial charge is 0.273 e. The van der Waals surface area contributed by atoms with Crippen molar-refractivity contribution in [2.24, 2.45) is 0 Å². The molecule has 0 unspecified atom stereocenters. The molecule has 5 heteroatoms. The first-order valence-corrected chi connectivity index (χ1v) is 4.18. The molecule has 56 valence electrons. The third-order valence-corrected chi connectivity index (χ3v) is 2.15. The van der Waals surface area contributed by atoms with E-state index in [1.807, 2.05) is 6.92 Å². The lowest BCUT2D eigenvalue weighted by Gasteiger charge is -1.93. The van der Waals surface area contributed by atoms with Crippen LogP contribution in [0.15, 0.2) is 6.20 Å². The number of fused-ring (bicyclic) bond motifs is 1. The molecule has 0 saturated heterocycles. The van der Waals surface area contributed by atoms with E-state index in [1.54, 1.807) is 6.20 Å². The molecule has 1 N–H and O–H groups in total. The van der Waals surface area contributed by atoms with Gasteiger partial charge in [-0.05, 0) is 29.5 Å². The molecule has 2 aromatic rings. The lowest BCUT2D eigenvalue weighted by atomic mass is 10.5. The van der Waals surface area contributed by atoms with Crippen LogP contribution in [0.5, 0.6) is 0 Å². The Labute approximate surface area is 76.6 Å². The van der Waals surface area contributed by atoms with Crippen LogP contribution < -0.4 is 0 Å². The number of rotatable bonds is 0. The van der Waals surface area contributed by atoms with Crippen molar-refractivity contribution in [3.63, 3.8) is 0 Å². The quantitative estimate of drug-likeness (QED) is 0.573. The van der Waals surface area contributed by atoms with E-state index in [0.717, 1.165) is 20.6 Å². The Balaban J connectivity index is 2.91. The molecule has 4 nitrogen and oxygen atoms in total. The van der Waals surface area contributed by atoms with Gasteiger partial charge in [-0.3, -0.25) is 5.10 Å². The van der Waals surface area contributed by atoms with E-state index in [2.05, 4.69) is 42.8 Å². The fourth-order valence-electron chi connectivity index (χ4n) is 0.914. The number of aromatic amines is 1. The van der Waals surface area contributed by atoms with Crippen LogP contribution in [0.2, 0.25) is 0 Å². The molecular weight excluding hydrogens is 255 g/mol. The molecule has 2 heterocycles. The molecular formula is C6H5IN4. The molecule has 0 fully saturated rings. The summed E-state index contributed by atoms with van der Waals surface area (Å²) in [6.07, 6.45) is 1.70. The summed E-state index contributed by atoms with van der Waals surface area (Å²) >= 11 is 2.16. The monoisotopic (exact) mass is 260 g/mol. The summed E-state index contributed by atoms with van der Waals surface area (Å²) in [6.45, 7) is 1.87. The molecule has 0 aliphatic rings. The highest BCUT2D eigenvalue weighted by atomic mass is 127. The van der Waals surface area contributed by atoms with Crippen LogP contribution in [0.4, 0.5) is 0 Å². The van der Waals surface area contributed by atoms with Crippen molar-refractivity contribution < 1.29 is 0 Å². The van der Waals surface area contributed by atoms with Crippen LogP contribution in [0.1, 0.15) is 5.82 Å². The molecule has 0 atom stereocenters. The van der Waals surface area contributed by atoms with Gasteiger partial charge in [-0.15, -0.1) is 0 Å². The number of H-pyrrole nitrogens is 1. The zero-order valence-corrected chi connectivity index (χ0v) is 7.95. The number of hydrogen-bond acceptors (Lipinski definition) is 3. The average Bonchev–Trinajstić information content (AvgIpc) is 2.34. The summed E-state index contributed by atoms with van der Waals surface area (Å²) in [5, 5.41) is 6.70. The number of hydrogen-bond donors (Lipinski definition) is 1. The zero-order chi connectivity index (χ0) is 7.84. The normalized spacial score (nSPS) is 10.7. The molecule has 0 aromatic carbocycles. The lowest BCUT2D eigenvalue weighted by Crippen LogP contribution is -1.90. The Bertz CT molecular complexity index is 394. The number of nitrogens with one attached hydrogen (secondary N) is 1. The number of aryl methyl sites for hydroxylation is 1. The van der Waals surface area contributed by atoms with E-state index < -0.39 is 0 Å². The number of halogens is 1. The van der Waals surface area contributed by atoms with Crippen LogP contribution in [0, 0.1) is 10.6 Å². The molecule has 11 heavy (non-hydrogen) atoms. The number of aromatic nitrogens is 4. The smallest absolute Gasteiger partial charge is 0.130 e. The third-order valence-electron chi connectivity index (χ3n) is 1.37. The SMILES string of the molecule is Cc1nc(I)c2[nH]ncc2n1. The van der Waals surface area contributed by atoms with Gasteiger partial charge in [0.15, 0.2) is 0 Å². The van der Waals surface area contributed by atoms with Gasteiger partial charge in [-0.25, -0.2) is 9.97 Å². The van der Waals surface area contributed by atoms with Gasteiger partial charge < -0.3 is 0 Å². The van der Waals surface area contributed by atoms with Gasteiger partial charge in [-0.1, -0.05) is 0 Å². The minimum atomic E-state index is 0.781. The van der Waals surface area contributed by atoms with Gasteiger partial charge in [0.05, 0.1) is 6.20 Å². The second kappa shape index (κ2) is 2.40. The van der Waals surface area contributed by atoms with Gasteiger partial charge >= 0.3 is 0 Å². The van der Waals surface area contributed by atoms with E-state index in [1.165, 1.54) is 0 Å². The van der Waals surface area contributed by atoms with Crippen molar-refractivity contribution in [1.82, 2.24) is 20.2 Å². The summed E-state index contributed by atoms with van der Waals surface area (Å²) in [6, 6.07) is 0. The van der Waals surface area contributed by atoms with Crippen molar-refractivity contribution in [2.45, 2.75) is 6.92 Å². The van der Waals surface area contributed by atoms with Crippen LogP contribution >= 0.6 is 22.6 Å². The van der Waals surface area contributed by atoms with Crippen molar-refractivity contribution in [1.29, 1.82) is 0 Å². The highest BCUT2D eigenvalue weighted by Gasteiger charge is 2.02. The predicted octanol–water partition coefficient (Wildman–Crippen LogP) is 1.27. The first-order chi connectivity index (χ1) is 5.27. The zero-order valence-electron chi connectivity index (χ0n) is 5.80. The molecule has 2 aromatic heterocycles. The second-order valence-electron chi connectivity index (χ2n) is 2.19. The summed E-state index contributed by atoms with van der Waals surface area (Å²) in [7, 11) is 0. The Morgan fingerprint density at radius 1 is 1.45 bits per heavy atom. The van der Waals surface area contributed by atoms with E-state index in [4.69, 9.17) is 0 Å². The molecule has 0 aliphatic carbocycles. The van der Waals surface area contributed by atoms with Gasteiger partial charge in [0, 0.05) is 0 Å². The minimum Gasteiger partial charge on any atom is -0.273 e. The maximum absolute atomic E-state index is 4.19. The lowest BCUT2D eigenvalue weighted by molar-refractivity contribution is 1.06. The Kier molecular flexibility index (Phi) is 1.52. The fraction of sp³-hybridized carbons (Fsp3) is 0.167. The summed E-state index contributed by atoms with van der Waals surface area (Å²) < 4.78 is 0.919. The van der Waals surface area contributed by atoms with Crippen molar-refractivity contribution in [3.8, 4) is 0 Å². The Morgan fingerprint density at radius 2 is 2.27 bits per heavy atom. The highest BCUT2D eigenvalue weighted by molar-refractivity contribution is 14.1. The van der Waals surface area contributed by atoms with Crippen molar-refractivity contribution in [2.75, 3.05) is 0 Å². The van der Waals surface area contributed by atoms with Crippen LogP contribution in [0.3, 0.4) is 0 Å². The Morgan fingerprint density at radius 3 is 3.09 bits per heavy atom. The predicted molar refractivity (Wildman–Crippen MR) is 49.1 cm³/mol. The molecule has 0 saturated carbocycles. The maximum Gasteiger partial charge on any atom is 0.130 e. The molecule has 0 radical (unpaired) electrons. The highest BCUT2D eigenvalue weighted by Crippen LogP contribution is 2.13. The first kappa shape index (κ1) is 6.96. The van der Waals surface area contributed by atoms with Crippen LogP contribution in [-0.2, 0) is 0 Å². The van der Waals surface area contributed by atoms with Crippen LogP contribution in [0.25, 0.3) is 11.0 Å². The standard InChI is InChI=1S/C6H5IN4/c1-3-9-4-2-8-11-5(4)6(7)10-3/h2H,1H3,(H,8,11). The minimum absolute atomic E-state index is 0.781. The van der Waals surface area contributed by atoms with E-state index >= 15 is 0 Å². The van der Waals surface area contributed by atoms with E-state index in [-0.39, 0.29) is 0 Å². The van der Waals surface area contributed by atoms with Gasteiger partial charge in [0.2, 0.25) is 0 Å². The molecule has 0 aliphatic heterocycles. The Hall–Kier alpha value is -0.720. The van der Waals surface area contributed by atoms with Gasteiger partial charge in [0.25, 0.3) is 0 Å². The van der Waals surface area contributed by atoms with Crippen LogP contribution in [-0.4, -0.2) is 20.2 Å². The second-order valence-corrected chi connectivity index (χ2v) is 3.21. The fourth-order valence-corrected chi connectivity index (χ4v) is 1.66. The molecule has 0 amide bonds. The van der Waals surface area contributed by atoms with E-state index in [0.29, 0.717) is 0 Å². The third kappa shape index (κ3) is 1.09. The van der Waals surface area contributed by atoms with Crippen molar-refractivity contribution in [3.05, 3.63) is 15.7 Å². The molecule has 2 rings (SSSR count). The van der Waals surface area contributed by atoms with E-state index in [9.17, 15) is 0 Å². The number of nitrogens with zero attached hydrogens (tertiary/aromatic N) is 3. The topological polar surface area (TPSA) is 54.5 Å². The summed E-state index contributed by atoms with van der Waals surface area (Å²) in [4.78, 5) is 8.37. The summed E-state index contributed by atoms with van der Waals surface area (Å²) in [5.41, 5.74) is 1.79. The van der Waals surface area contributed by atoms with Crippen molar-refractivity contribution >= 4 is 33.6 Å². The molecule has 0 spiro atoms. The summed E-state index contributed by atoms with van der Waals surface area (Å²) in [5.74, 6) is 0.781. The first-order valence-electron chi connectivity index (χ1n) is 3.10. The van der Waals surface area contributed by atoms with Gasteiger partial charge in [-0.2, -0.15) is 5.10 Å². The average molecular weight is 260 g/mol. The van der Waals surface area contributed by atoms with Gasteiger partial charge in [0.1, 0.15) is 20.6 Å². The molecule has 0 bridgehead atoms.